The SMILES string of the molecule is O=S(=O)(Nc1c(F)cc(C#Cc2cncc(F)c2)cc1F)c1cccc(Cl)c1. The minimum absolute atomic E-state index is 0.0648. The highest BCUT2D eigenvalue weighted by atomic mass is 35.5. The standard InChI is InChI=1S/C19H10ClF3N2O2S/c20-14-2-1-3-16(9-14)28(26,27)25-19-17(22)7-12(8-18(19)23)4-5-13-6-15(21)11-24-10-13/h1-3,6-11,25H. The molecule has 4 nitrogen and oxygen atoms in total. The first kappa shape index (κ1) is 19.7. The van der Waals surface area contributed by atoms with Crippen LogP contribution in [0.5, 0.6) is 0 Å². The molecule has 0 amide bonds. The number of pyridine rings is 1. The van der Waals surface area contributed by atoms with Crippen LogP contribution in [0, 0.1) is 29.3 Å². The Balaban J connectivity index is 1.91. The summed E-state index contributed by atoms with van der Waals surface area (Å²) in [4.78, 5) is 3.36. The monoisotopic (exact) mass is 422 g/mol. The number of anilines is 1. The first-order chi connectivity index (χ1) is 13.2. The predicted molar refractivity (Wildman–Crippen MR) is 98.8 cm³/mol. The van der Waals surface area contributed by atoms with Gasteiger partial charge in [-0.3, -0.25) is 9.71 Å². The van der Waals surface area contributed by atoms with E-state index in [1.165, 1.54) is 24.4 Å². The molecular weight excluding hydrogens is 413 g/mol. The fraction of sp³-hybridized carbons (Fsp3) is 0. The van der Waals surface area contributed by atoms with Gasteiger partial charge in [0.2, 0.25) is 0 Å². The topological polar surface area (TPSA) is 59.1 Å². The zero-order valence-electron chi connectivity index (χ0n) is 13.9. The largest absolute Gasteiger partial charge is 0.274 e. The Hall–Kier alpha value is -3.02. The van der Waals surface area contributed by atoms with E-state index in [1.54, 1.807) is 0 Å². The third-order valence-corrected chi connectivity index (χ3v) is 5.02. The quantitative estimate of drug-likeness (QED) is 0.638. The van der Waals surface area contributed by atoms with Crippen LogP contribution in [0.4, 0.5) is 18.9 Å². The summed E-state index contributed by atoms with van der Waals surface area (Å²) in [7, 11) is -4.25. The minimum atomic E-state index is -4.25. The average molecular weight is 423 g/mol. The van der Waals surface area contributed by atoms with Gasteiger partial charge in [-0.1, -0.05) is 29.5 Å². The molecule has 28 heavy (non-hydrogen) atoms. The summed E-state index contributed by atoms with van der Waals surface area (Å²) in [6.07, 6.45) is 2.28. The van der Waals surface area contributed by atoms with Crippen molar-refractivity contribution in [2.24, 2.45) is 0 Å². The van der Waals surface area contributed by atoms with E-state index in [0.29, 0.717) is 0 Å². The highest BCUT2D eigenvalue weighted by molar-refractivity contribution is 7.92. The van der Waals surface area contributed by atoms with Crippen LogP contribution < -0.4 is 4.72 Å². The van der Waals surface area contributed by atoms with Gasteiger partial charge in [0.1, 0.15) is 11.5 Å². The maximum absolute atomic E-state index is 14.3. The molecular formula is C19H10ClF3N2O2S. The fourth-order valence-electron chi connectivity index (χ4n) is 2.19. The summed E-state index contributed by atoms with van der Waals surface area (Å²) in [6, 6.07) is 8.06. The molecule has 3 rings (SSSR count). The van der Waals surface area contributed by atoms with Crippen molar-refractivity contribution in [3.8, 4) is 11.8 Å². The molecule has 3 aromatic rings. The maximum Gasteiger partial charge on any atom is 0.262 e. The van der Waals surface area contributed by atoms with E-state index in [0.717, 1.165) is 30.5 Å². The zero-order valence-corrected chi connectivity index (χ0v) is 15.5. The third kappa shape index (κ3) is 4.63. The molecule has 0 radical (unpaired) electrons. The molecule has 1 aromatic heterocycles. The molecule has 9 heteroatoms. The molecule has 0 bridgehead atoms. The third-order valence-electron chi connectivity index (χ3n) is 3.44. The van der Waals surface area contributed by atoms with E-state index in [4.69, 9.17) is 11.6 Å². The van der Waals surface area contributed by atoms with E-state index >= 15 is 0 Å². The molecule has 0 aliphatic rings. The molecule has 0 saturated heterocycles. The van der Waals surface area contributed by atoms with Crippen LogP contribution in [-0.2, 0) is 10.0 Å². The van der Waals surface area contributed by atoms with Crippen LogP contribution in [0.1, 0.15) is 11.1 Å². The van der Waals surface area contributed by atoms with Gasteiger partial charge >= 0.3 is 0 Å². The first-order valence-electron chi connectivity index (χ1n) is 7.64. The summed E-state index contributed by atoms with van der Waals surface area (Å²) >= 11 is 5.75. The first-order valence-corrected chi connectivity index (χ1v) is 9.51. The zero-order chi connectivity index (χ0) is 20.3. The molecule has 1 heterocycles. The molecule has 0 spiro atoms. The van der Waals surface area contributed by atoms with Crippen LogP contribution in [0.3, 0.4) is 0 Å². The molecule has 0 saturated carbocycles. The number of hydrogen-bond acceptors (Lipinski definition) is 3. The summed E-state index contributed by atoms with van der Waals surface area (Å²) in [5, 5.41) is 0.154. The Morgan fingerprint density at radius 1 is 0.929 bits per heavy atom. The summed E-state index contributed by atoms with van der Waals surface area (Å²) in [6.45, 7) is 0. The number of aromatic nitrogens is 1. The molecule has 0 atom stereocenters. The summed E-state index contributed by atoms with van der Waals surface area (Å²) < 4.78 is 68.1. The van der Waals surface area contributed by atoms with E-state index in [1.807, 2.05) is 4.72 Å². The summed E-state index contributed by atoms with van der Waals surface area (Å²) in [5.74, 6) is 2.06. The molecule has 0 unspecified atom stereocenters. The van der Waals surface area contributed by atoms with Gasteiger partial charge in [-0.05, 0) is 36.4 Å². The van der Waals surface area contributed by atoms with Crippen molar-refractivity contribution in [3.63, 3.8) is 0 Å². The van der Waals surface area contributed by atoms with Gasteiger partial charge in [-0.25, -0.2) is 21.6 Å². The van der Waals surface area contributed by atoms with E-state index in [-0.39, 0.29) is 21.0 Å². The van der Waals surface area contributed by atoms with Gasteiger partial charge in [0.25, 0.3) is 10.0 Å². The Morgan fingerprint density at radius 3 is 2.25 bits per heavy atom. The number of rotatable bonds is 3. The molecule has 142 valence electrons. The molecule has 2 aromatic carbocycles. The smallest absolute Gasteiger partial charge is 0.262 e. The lowest BCUT2D eigenvalue weighted by atomic mass is 10.1. The molecule has 1 N–H and O–H groups in total. The number of benzene rings is 2. The number of hydrogen-bond donors (Lipinski definition) is 1. The Kier molecular flexibility index (Phi) is 5.58. The van der Waals surface area contributed by atoms with Gasteiger partial charge in [0, 0.05) is 22.3 Å². The fourth-order valence-corrected chi connectivity index (χ4v) is 3.57. The maximum atomic E-state index is 14.3. The second-order valence-electron chi connectivity index (χ2n) is 5.52. The van der Waals surface area contributed by atoms with Crippen molar-refractivity contribution >= 4 is 27.3 Å². The van der Waals surface area contributed by atoms with Crippen LogP contribution in [0.15, 0.2) is 59.8 Å². The van der Waals surface area contributed by atoms with Crippen molar-refractivity contribution in [1.82, 2.24) is 4.98 Å². The highest BCUT2D eigenvalue weighted by Gasteiger charge is 2.20. The average Bonchev–Trinajstić information content (AvgIpc) is 2.63. The van der Waals surface area contributed by atoms with Gasteiger partial charge in [0.05, 0.1) is 11.1 Å². The Morgan fingerprint density at radius 2 is 1.61 bits per heavy atom. The highest BCUT2D eigenvalue weighted by Crippen LogP contribution is 2.25. The van der Waals surface area contributed by atoms with E-state index in [9.17, 15) is 21.6 Å². The number of nitrogens with zero attached hydrogens (tertiary/aromatic N) is 1. The number of halogens is 4. The van der Waals surface area contributed by atoms with Crippen LogP contribution in [0.25, 0.3) is 0 Å². The van der Waals surface area contributed by atoms with Gasteiger partial charge in [-0.2, -0.15) is 0 Å². The van der Waals surface area contributed by atoms with E-state index < -0.39 is 33.2 Å². The van der Waals surface area contributed by atoms with Crippen molar-refractivity contribution in [2.75, 3.05) is 4.72 Å². The van der Waals surface area contributed by atoms with Crippen molar-refractivity contribution in [3.05, 3.63) is 88.5 Å². The minimum Gasteiger partial charge on any atom is -0.274 e. The normalized spacial score (nSPS) is 10.9. The molecule has 0 aliphatic carbocycles. The second kappa shape index (κ2) is 7.92. The van der Waals surface area contributed by atoms with Crippen molar-refractivity contribution in [1.29, 1.82) is 0 Å². The number of sulfonamides is 1. The van der Waals surface area contributed by atoms with Crippen molar-refractivity contribution < 1.29 is 21.6 Å². The predicted octanol–water partition coefficient (Wildman–Crippen LogP) is 4.35. The number of nitrogens with one attached hydrogen (secondary N) is 1. The van der Waals surface area contributed by atoms with Gasteiger partial charge < -0.3 is 0 Å². The summed E-state index contributed by atoms with van der Waals surface area (Å²) in [5.41, 5.74) is -0.700. The Labute approximate surface area is 164 Å². The van der Waals surface area contributed by atoms with Gasteiger partial charge in [0.15, 0.2) is 11.6 Å². The lowest BCUT2D eigenvalue weighted by Gasteiger charge is -2.10. The van der Waals surface area contributed by atoms with Crippen LogP contribution >= 0.6 is 11.6 Å². The molecule has 0 aliphatic heterocycles. The van der Waals surface area contributed by atoms with E-state index in [2.05, 4.69) is 16.8 Å². The lowest BCUT2D eigenvalue weighted by Crippen LogP contribution is -2.15. The van der Waals surface area contributed by atoms with Crippen molar-refractivity contribution in [2.45, 2.75) is 4.90 Å². The van der Waals surface area contributed by atoms with Gasteiger partial charge in [-0.15, -0.1) is 0 Å². The second-order valence-corrected chi connectivity index (χ2v) is 7.64. The Bertz CT molecular complexity index is 1200. The van der Waals surface area contributed by atoms with Crippen LogP contribution in [0.2, 0.25) is 5.02 Å². The van der Waals surface area contributed by atoms with Crippen LogP contribution in [-0.4, -0.2) is 13.4 Å². The molecule has 0 fully saturated rings. The lowest BCUT2D eigenvalue weighted by molar-refractivity contribution is 0.582.